The molecule has 3 aromatic rings. The quantitative estimate of drug-likeness (QED) is 0.706. The fraction of sp³-hybridized carbons (Fsp3) is 0.143. The number of hydrogen-bond acceptors (Lipinski definition) is 3. The van der Waals surface area contributed by atoms with Crippen molar-refractivity contribution in [2.75, 3.05) is 19.0 Å². The maximum atomic E-state index is 13.3. The van der Waals surface area contributed by atoms with E-state index >= 15 is 0 Å². The van der Waals surface area contributed by atoms with Crippen LogP contribution < -0.4 is 4.90 Å². The van der Waals surface area contributed by atoms with Crippen LogP contribution in [0, 0.1) is 5.82 Å². The zero-order valence-electron chi connectivity index (χ0n) is 10.7. The Labute approximate surface area is 110 Å². The molecule has 0 spiro atoms. The van der Waals surface area contributed by atoms with Gasteiger partial charge in [-0.1, -0.05) is 0 Å². The Balaban J connectivity index is 2.11. The van der Waals surface area contributed by atoms with Gasteiger partial charge in [-0.3, -0.25) is 4.40 Å². The highest BCUT2D eigenvalue weighted by Crippen LogP contribution is 2.22. The van der Waals surface area contributed by atoms with Crippen LogP contribution in [0.15, 0.2) is 42.9 Å². The van der Waals surface area contributed by atoms with E-state index in [-0.39, 0.29) is 5.82 Å². The van der Waals surface area contributed by atoms with Crippen molar-refractivity contribution in [2.24, 2.45) is 0 Å². The number of halogens is 1. The highest BCUT2D eigenvalue weighted by Gasteiger charge is 2.07. The summed E-state index contributed by atoms with van der Waals surface area (Å²) in [6.45, 7) is 0. The van der Waals surface area contributed by atoms with Gasteiger partial charge in [0.1, 0.15) is 17.3 Å². The maximum Gasteiger partial charge on any atom is 0.139 e. The summed E-state index contributed by atoms with van der Waals surface area (Å²) in [6, 6.07) is 6.94. The van der Waals surface area contributed by atoms with E-state index in [1.54, 1.807) is 22.9 Å². The molecular weight excluding hydrogens is 243 g/mol. The third-order valence-corrected chi connectivity index (χ3v) is 2.97. The highest BCUT2D eigenvalue weighted by molar-refractivity contribution is 5.64. The van der Waals surface area contributed by atoms with Gasteiger partial charge in [0.15, 0.2) is 0 Å². The van der Waals surface area contributed by atoms with Crippen molar-refractivity contribution >= 4 is 11.5 Å². The minimum absolute atomic E-state index is 0.287. The van der Waals surface area contributed by atoms with E-state index < -0.39 is 0 Å². The Morgan fingerprint density at radius 3 is 2.58 bits per heavy atom. The van der Waals surface area contributed by atoms with Crippen molar-refractivity contribution in [1.29, 1.82) is 0 Å². The summed E-state index contributed by atoms with van der Waals surface area (Å²) in [6.07, 6.45) is 4.92. The lowest BCUT2D eigenvalue weighted by atomic mass is 10.2. The molecule has 0 fully saturated rings. The topological polar surface area (TPSA) is 33.4 Å². The normalized spacial score (nSPS) is 10.9. The zero-order valence-corrected chi connectivity index (χ0v) is 10.7. The predicted molar refractivity (Wildman–Crippen MR) is 72.7 cm³/mol. The van der Waals surface area contributed by atoms with Crippen LogP contribution in [0.25, 0.3) is 16.9 Å². The van der Waals surface area contributed by atoms with E-state index in [0.717, 1.165) is 17.1 Å². The average molecular weight is 256 g/mol. The number of nitrogens with zero attached hydrogens (tertiary/aromatic N) is 4. The fourth-order valence-electron chi connectivity index (χ4n) is 1.97. The van der Waals surface area contributed by atoms with Crippen LogP contribution in [0.3, 0.4) is 0 Å². The van der Waals surface area contributed by atoms with Crippen molar-refractivity contribution in [2.45, 2.75) is 0 Å². The lowest BCUT2D eigenvalue weighted by molar-refractivity contribution is 0.619. The Morgan fingerprint density at radius 1 is 1.05 bits per heavy atom. The molecular formula is C14H13FN4. The van der Waals surface area contributed by atoms with Gasteiger partial charge in [-0.05, 0) is 24.3 Å². The Kier molecular flexibility index (Phi) is 2.67. The van der Waals surface area contributed by atoms with Crippen LogP contribution in [-0.2, 0) is 0 Å². The number of hydrogen-bond donors (Lipinski definition) is 0. The third kappa shape index (κ3) is 2.03. The molecule has 0 aliphatic carbocycles. The van der Waals surface area contributed by atoms with Crippen molar-refractivity contribution in [3.8, 4) is 11.3 Å². The highest BCUT2D eigenvalue weighted by atomic mass is 19.1. The molecule has 0 bridgehead atoms. The molecule has 0 saturated carbocycles. The first-order valence-corrected chi connectivity index (χ1v) is 5.91. The smallest absolute Gasteiger partial charge is 0.139 e. The summed E-state index contributed by atoms with van der Waals surface area (Å²) >= 11 is 0. The van der Waals surface area contributed by atoms with E-state index in [4.69, 9.17) is 0 Å². The Bertz CT molecular complexity index is 716. The van der Waals surface area contributed by atoms with Gasteiger partial charge in [-0.15, -0.1) is 0 Å². The zero-order chi connectivity index (χ0) is 13.4. The molecule has 0 saturated heterocycles. The van der Waals surface area contributed by atoms with Crippen LogP contribution in [0.4, 0.5) is 10.2 Å². The fourth-order valence-corrected chi connectivity index (χ4v) is 1.97. The van der Waals surface area contributed by atoms with Crippen LogP contribution in [0.1, 0.15) is 0 Å². The number of rotatable bonds is 2. The molecule has 96 valence electrons. The summed E-state index contributed by atoms with van der Waals surface area (Å²) < 4.78 is 15.0. The minimum Gasteiger partial charge on any atom is -0.363 e. The molecule has 3 heterocycles. The van der Waals surface area contributed by atoms with E-state index in [9.17, 15) is 4.39 Å². The summed E-state index contributed by atoms with van der Waals surface area (Å²) in [4.78, 5) is 10.5. The van der Waals surface area contributed by atoms with Crippen LogP contribution in [-0.4, -0.2) is 28.5 Å². The van der Waals surface area contributed by atoms with E-state index in [2.05, 4.69) is 9.97 Å². The van der Waals surface area contributed by atoms with Crippen molar-refractivity contribution in [3.63, 3.8) is 0 Å². The van der Waals surface area contributed by atoms with Crippen LogP contribution in [0.5, 0.6) is 0 Å². The van der Waals surface area contributed by atoms with Gasteiger partial charge in [0.05, 0.1) is 11.9 Å². The minimum atomic E-state index is -0.287. The second-order valence-corrected chi connectivity index (χ2v) is 4.52. The molecule has 0 atom stereocenters. The third-order valence-electron chi connectivity index (χ3n) is 2.97. The molecule has 0 radical (unpaired) electrons. The van der Waals surface area contributed by atoms with E-state index in [0.29, 0.717) is 5.65 Å². The lowest BCUT2D eigenvalue weighted by Crippen LogP contribution is -2.10. The number of fused-ring (bicyclic) bond motifs is 1. The van der Waals surface area contributed by atoms with Gasteiger partial charge in [-0.2, -0.15) is 0 Å². The number of aromatic nitrogens is 3. The van der Waals surface area contributed by atoms with Gasteiger partial charge in [-0.25, -0.2) is 14.4 Å². The molecule has 0 aromatic carbocycles. The van der Waals surface area contributed by atoms with Gasteiger partial charge in [0.2, 0.25) is 0 Å². The molecule has 0 aliphatic heterocycles. The largest absolute Gasteiger partial charge is 0.363 e. The van der Waals surface area contributed by atoms with Gasteiger partial charge in [0.25, 0.3) is 0 Å². The second kappa shape index (κ2) is 4.35. The molecule has 4 nitrogen and oxygen atoms in total. The van der Waals surface area contributed by atoms with Gasteiger partial charge >= 0.3 is 0 Å². The number of imidazole rings is 1. The number of anilines is 1. The molecule has 0 unspecified atom stereocenters. The van der Waals surface area contributed by atoms with Crippen molar-refractivity contribution in [3.05, 3.63) is 48.7 Å². The molecule has 5 heteroatoms. The summed E-state index contributed by atoms with van der Waals surface area (Å²) in [5, 5.41) is 0. The van der Waals surface area contributed by atoms with Gasteiger partial charge < -0.3 is 4.90 Å². The first-order chi connectivity index (χ1) is 9.15. The van der Waals surface area contributed by atoms with E-state index in [1.165, 1.54) is 12.3 Å². The first-order valence-electron chi connectivity index (χ1n) is 5.91. The summed E-state index contributed by atoms with van der Waals surface area (Å²) in [5.74, 6) is 0.591. The van der Waals surface area contributed by atoms with Crippen molar-refractivity contribution in [1.82, 2.24) is 14.4 Å². The number of pyridine rings is 2. The second-order valence-electron chi connectivity index (χ2n) is 4.52. The van der Waals surface area contributed by atoms with Gasteiger partial charge in [0, 0.05) is 32.1 Å². The van der Waals surface area contributed by atoms with E-state index in [1.807, 2.05) is 31.1 Å². The lowest BCUT2D eigenvalue weighted by Gasteiger charge is -2.11. The molecule has 0 aliphatic rings. The molecule has 19 heavy (non-hydrogen) atoms. The van der Waals surface area contributed by atoms with Crippen LogP contribution in [0.2, 0.25) is 0 Å². The average Bonchev–Trinajstić information content (AvgIpc) is 2.81. The summed E-state index contributed by atoms with van der Waals surface area (Å²) in [7, 11) is 3.87. The predicted octanol–water partition coefficient (Wildman–Crippen LogP) is 2.60. The Hall–Kier alpha value is -2.43. The standard InChI is InChI=1S/C14H13FN4/c1-18(2)13-5-3-10(7-16-13)12-8-17-14-6-4-11(15)9-19(12)14/h3-9H,1-2H3. The van der Waals surface area contributed by atoms with Crippen LogP contribution >= 0.6 is 0 Å². The Morgan fingerprint density at radius 2 is 1.89 bits per heavy atom. The molecule has 0 amide bonds. The summed E-state index contributed by atoms with van der Waals surface area (Å²) in [5.41, 5.74) is 2.45. The van der Waals surface area contributed by atoms with Crippen molar-refractivity contribution < 1.29 is 4.39 Å². The molecule has 3 aromatic heterocycles. The first kappa shape index (κ1) is 11.6. The monoisotopic (exact) mass is 256 g/mol. The molecule has 0 N–H and O–H groups in total. The molecule has 3 rings (SSSR count). The SMILES string of the molecule is CN(C)c1ccc(-c2cnc3ccc(F)cn23)cn1. The maximum absolute atomic E-state index is 13.3.